The van der Waals surface area contributed by atoms with Crippen molar-refractivity contribution in [1.82, 2.24) is 9.88 Å². The van der Waals surface area contributed by atoms with E-state index in [9.17, 15) is 4.79 Å². The van der Waals surface area contributed by atoms with E-state index in [-0.39, 0.29) is 5.41 Å². The molecule has 1 amide bonds. The summed E-state index contributed by atoms with van der Waals surface area (Å²) in [6.07, 6.45) is 7.32. The Morgan fingerprint density at radius 1 is 1.14 bits per heavy atom. The van der Waals surface area contributed by atoms with Crippen molar-refractivity contribution in [1.29, 1.82) is 0 Å². The molecule has 6 rings (SSSR count). The molecule has 4 fully saturated rings. The van der Waals surface area contributed by atoms with Crippen LogP contribution in [0.25, 0.3) is 10.2 Å². The van der Waals surface area contributed by atoms with E-state index in [0.717, 1.165) is 69.5 Å². The molecule has 0 N–H and O–H groups in total. The predicted molar refractivity (Wildman–Crippen MR) is 121 cm³/mol. The second-order valence-electron chi connectivity index (χ2n) is 10.0. The summed E-state index contributed by atoms with van der Waals surface area (Å²) in [6.45, 7) is 3.58. The summed E-state index contributed by atoms with van der Waals surface area (Å²) < 4.78 is 1.07. The van der Waals surface area contributed by atoms with E-state index in [4.69, 9.17) is 16.6 Å². The van der Waals surface area contributed by atoms with Crippen LogP contribution in [-0.2, 0) is 4.79 Å². The van der Waals surface area contributed by atoms with Gasteiger partial charge in [0, 0.05) is 18.1 Å². The molecule has 0 atom stereocenters. The predicted octanol–water partition coefficient (Wildman–Crippen LogP) is 5.37. The third kappa shape index (κ3) is 3.49. The van der Waals surface area contributed by atoms with E-state index in [1.807, 2.05) is 24.0 Å². The number of anilines is 1. The lowest BCUT2D eigenvalue weighted by atomic mass is 9.49. The smallest absolute Gasteiger partial charge is 0.235 e. The van der Waals surface area contributed by atoms with Crippen molar-refractivity contribution < 1.29 is 4.79 Å². The fraction of sp³-hybridized carbons (Fsp3) is 0.652. The summed E-state index contributed by atoms with van der Waals surface area (Å²) >= 11 is 7.89. The zero-order valence-electron chi connectivity index (χ0n) is 17.6. The highest BCUT2D eigenvalue weighted by atomic mass is 35.5. The number of thiazole rings is 1. The Morgan fingerprint density at radius 2 is 1.76 bits per heavy atom. The minimum absolute atomic E-state index is 0.147. The summed E-state index contributed by atoms with van der Waals surface area (Å²) in [5.41, 5.74) is 1.90. The summed E-state index contributed by atoms with van der Waals surface area (Å²) in [5, 5.41) is 1.57. The van der Waals surface area contributed by atoms with E-state index >= 15 is 0 Å². The molecule has 0 saturated heterocycles. The van der Waals surface area contributed by atoms with Gasteiger partial charge in [0.25, 0.3) is 0 Å². The minimum Gasteiger partial charge on any atom is -0.308 e. The number of carbonyl (C=O) groups excluding carboxylic acids is 1. The number of fused-ring (bicyclic) bond motifs is 1. The second kappa shape index (κ2) is 7.21. The van der Waals surface area contributed by atoms with E-state index < -0.39 is 0 Å². The standard InChI is InChI=1S/C23H30ClN3OS/c1-14-6-18(24)10-19-20(14)25-22(29-19)27(5-4-26(2)3)21(28)23-11-15-7-16(12-23)9-17(8-15)13-23/h6,10,15-17H,4-5,7-9,11-13H2,1-3H3. The molecule has 1 heterocycles. The topological polar surface area (TPSA) is 36.4 Å². The number of aryl methyl sites for hydroxylation is 1. The van der Waals surface area contributed by atoms with Crippen LogP contribution in [0.5, 0.6) is 0 Å². The zero-order chi connectivity index (χ0) is 20.3. The molecule has 4 aliphatic carbocycles. The molecule has 4 nitrogen and oxygen atoms in total. The molecular formula is C23H30ClN3OS. The van der Waals surface area contributed by atoms with Crippen molar-refractivity contribution in [3.05, 3.63) is 22.7 Å². The molecular weight excluding hydrogens is 402 g/mol. The number of halogens is 1. The van der Waals surface area contributed by atoms with Crippen molar-refractivity contribution in [3.63, 3.8) is 0 Å². The molecule has 156 valence electrons. The van der Waals surface area contributed by atoms with Crippen LogP contribution in [0.3, 0.4) is 0 Å². The Labute approximate surface area is 182 Å². The zero-order valence-corrected chi connectivity index (χ0v) is 19.2. The molecule has 0 aliphatic heterocycles. The molecule has 1 aromatic heterocycles. The van der Waals surface area contributed by atoms with E-state index in [1.54, 1.807) is 11.3 Å². The average Bonchev–Trinajstić information content (AvgIpc) is 3.04. The molecule has 29 heavy (non-hydrogen) atoms. The molecule has 0 unspecified atom stereocenters. The summed E-state index contributed by atoms with van der Waals surface area (Å²) in [4.78, 5) is 23.2. The monoisotopic (exact) mass is 431 g/mol. The third-order valence-electron chi connectivity index (χ3n) is 7.38. The van der Waals surface area contributed by atoms with Crippen LogP contribution in [0.1, 0.15) is 44.1 Å². The largest absolute Gasteiger partial charge is 0.308 e. The molecule has 2 aromatic rings. The Hall–Kier alpha value is -1.17. The molecule has 0 spiro atoms. The van der Waals surface area contributed by atoms with Crippen molar-refractivity contribution >= 4 is 44.2 Å². The lowest BCUT2D eigenvalue weighted by Crippen LogP contribution is -2.55. The van der Waals surface area contributed by atoms with Gasteiger partial charge >= 0.3 is 0 Å². The number of hydrogen-bond acceptors (Lipinski definition) is 4. The SMILES string of the molecule is Cc1cc(Cl)cc2sc(N(CCN(C)C)C(=O)C34CC5CC(CC(C5)C3)C4)nc12. The minimum atomic E-state index is -0.147. The fourth-order valence-corrected chi connectivity index (χ4v) is 7.95. The summed E-state index contributed by atoms with van der Waals surface area (Å²) in [7, 11) is 4.13. The lowest BCUT2D eigenvalue weighted by molar-refractivity contribution is -0.143. The number of nitrogens with zero attached hydrogens (tertiary/aromatic N) is 3. The van der Waals surface area contributed by atoms with Crippen LogP contribution < -0.4 is 4.90 Å². The van der Waals surface area contributed by atoms with Crippen molar-refractivity contribution in [2.45, 2.75) is 45.4 Å². The summed E-state index contributed by atoms with van der Waals surface area (Å²) in [6, 6.07) is 3.93. The highest BCUT2D eigenvalue weighted by molar-refractivity contribution is 7.22. The Kier molecular flexibility index (Phi) is 4.92. The van der Waals surface area contributed by atoms with E-state index in [0.29, 0.717) is 12.5 Å². The maximum atomic E-state index is 14.1. The highest BCUT2D eigenvalue weighted by Gasteiger charge is 2.56. The lowest BCUT2D eigenvalue weighted by Gasteiger charge is -2.56. The maximum absolute atomic E-state index is 14.1. The Balaban J connectivity index is 1.52. The first-order valence-electron chi connectivity index (χ1n) is 10.9. The molecule has 4 saturated carbocycles. The normalized spacial score (nSPS) is 30.4. The van der Waals surface area contributed by atoms with Gasteiger partial charge in [-0.15, -0.1) is 0 Å². The van der Waals surface area contributed by atoms with Gasteiger partial charge in [0.05, 0.1) is 15.6 Å². The Bertz CT molecular complexity index is 918. The fourth-order valence-electron chi connectivity index (χ4n) is 6.50. The number of likely N-dealkylation sites (N-methyl/N-ethyl adjacent to an activating group) is 1. The van der Waals surface area contributed by atoms with Crippen LogP contribution >= 0.6 is 22.9 Å². The van der Waals surface area contributed by atoms with Gasteiger partial charge in [-0.2, -0.15) is 0 Å². The van der Waals surface area contributed by atoms with Gasteiger partial charge in [-0.25, -0.2) is 4.98 Å². The first-order valence-corrected chi connectivity index (χ1v) is 12.1. The van der Waals surface area contributed by atoms with Crippen LogP contribution in [0, 0.1) is 30.1 Å². The van der Waals surface area contributed by atoms with Crippen LogP contribution in [0.4, 0.5) is 5.13 Å². The third-order valence-corrected chi connectivity index (χ3v) is 8.62. The number of hydrogen-bond donors (Lipinski definition) is 0. The number of amides is 1. The van der Waals surface area contributed by atoms with E-state index in [2.05, 4.69) is 19.0 Å². The van der Waals surface area contributed by atoms with Crippen LogP contribution in [0.2, 0.25) is 5.02 Å². The quantitative estimate of drug-likeness (QED) is 0.638. The van der Waals surface area contributed by atoms with Gasteiger partial charge in [-0.3, -0.25) is 9.69 Å². The number of carbonyl (C=O) groups is 1. The molecule has 4 aliphatic rings. The number of benzene rings is 1. The number of aromatic nitrogens is 1. The molecule has 4 bridgehead atoms. The first kappa shape index (κ1) is 19.8. The highest BCUT2D eigenvalue weighted by Crippen LogP contribution is 2.60. The van der Waals surface area contributed by atoms with E-state index in [1.165, 1.54) is 19.3 Å². The average molecular weight is 432 g/mol. The number of rotatable bonds is 5. The van der Waals surface area contributed by atoms with Gasteiger partial charge < -0.3 is 4.90 Å². The van der Waals surface area contributed by atoms with Gasteiger partial charge in [-0.05, 0) is 95.0 Å². The van der Waals surface area contributed by atoms with Crippen molar-refractivity contribution in [2.75, 3.05) is 32.1 Å². The molecule has 1 aromatic carbocycles. The van der Waals surface area contributed by atoms with Crippen molar-refractivity contribution in [2.24, 2.45) is 23.2 Å². The van der Waals surface area contributed by atoms with Gasteiger partial charge in [-0.1, -0.05) is 22.9 Å². The van der Waals surface area contributed by atoms with Gasteiger partial charge in [0.2, 0.25) is 5.91 Å². The summed E-state index contributed by atoms with van der Waals surface area (Å²) in [5.74, 6) is 2.62. The molecule has 0 radical (unpaired) electrons. The maximum Gasteiger partial charge on any atom is 0.235 e. The van der Waals surface area contributed by atoms with Crippen LogP contribution in [0.15, 0.2) is 12.1 Å². The van der Waals surface area contributed by atoms with Crippen LogP contribution in [-0.4, -0.2) is 43.0 Å². The Morgan fingerprint density at radius 3 is 2.34 bits per heavy atom. The van der Waals surface area contributed by atoms with Gasteiger partial charge in [0.1, 0.15) is 0 Å². The molecule has 6 heteroatoms. The first-order chi connectivity index (χ1) is 13.8. The van der Waals surface area contributed by atoms with Crippen molar-refractivity contribution in [3.8, 4) is 0 Å². The second-order valence-corrected chi connectivity index (χ2v) is 11.5. The van der Waals surface area contributed by atoms with Gasteiger partial charge in [0.15, 0.2) is 5.13 Å².